The summed E-state index contributed by atoms with van der Waals surface area (Å²) in [5.41, 5.74) is 0.905. The smallest absolute Gasteiger partial charge is 0.307 e. The Labute approximate surface area is 148 Å². The number of rotatable bonds is 4. The minimum Gasteiger partial charge on any atom is -0.437 e. The number of fused-ring (bicyclic) bond motifs is 1. The topological polar surface area (TPSA) is 58.4 Å². The Balaban J connectivity index is 1.34. The SMILES string of the molecule is O=C(N[C@@H]1CC[C@@H](F)C1)c1nc2c(o1)CCN(CC1CCCCC1)C2. The van der Waals surface area contributed by atoms with Gasteiger partial charge in [0.15, 0.2) is 0 Å². The standard InChI is InChI=1S/C19H28FN3O2/c20-14-6-7-15(10-14)21-18(24)19-22-16-12-23(9-8-17(16)25-19)11-13-4-2-1-3-5-13/h13-15H,1-12H2,(H,21,24)/t14-,15-/m1/s1. The van der Waals surface area contributed by atoms with Crippen LogP contribution in [-0.4, -0.2) is 41.1 Å². The van der Waals surface area contributed by atoms with Crippen molar-refractivity contribution in [3.8, 4) is 0 Å². The lowest BCUT2D eigenvalue weighted by molar-refractivity contribution is 0.0899. The second-order valence-electron chi connectivity index (χ2n) is 7.96. The van der Waals surface area contributed by atoms with Crippen LogP contribution in [0.4, 0.5) is 4.39 Å². The Bertz CT molecular complexity index is 612. The molecule has 2 saturated carbocycles. The van der Waals surface area contributed by atoms with E-state index in [0.29, 0.717) is 19.3 Å². The third-order valence-corrected chi connectivity index (χ3v) is 5.95. The van der Waals surface area contributed by atoms with Crippen LogP contribution in [0.15, 0.2) is 4.42 Å². The van der Waals surface area contributed by atoms with Gasteiger partial charge in [0.25, 0.3) is 5.89 Å². The van der Waals surface area contributed by atoms with Crippen molar-refractivity contribution in [1.29, 1.82) is 0 Å². The number of carbonyl (C=O) groups excluding carboxylic acids is 1. The molecule has 3 aliphatic rings. The lowest BCUT2D eigenvalue weighted by Gasteiger charge is -2.31. The van der Waals surface area contributed by atoms with Crippen molar-refractivity contribution in [1.82, 2.24) is 15.2 Å². The molecule has 0 spiro atoms. The number of nitrogens with one attached hydrogen (secondary N) is 1. The lowest BCUT2D eigenvalue weighted by atomic mass is 9.88. The third-order valence-electron chi connectivity index (χ3n) is 5.95. The van der Waals surface area contributed by atoms with Gasteiger partial charge in [-0.05, 0) is 38.0 Å². The first-order chi connectivity index (χ1) is 12.2. The summed E-state index contributed by atoms with van der Waals surface area (Å²) in [6.07, 6.45) is 8.44. The van der Waals surface area contributed by atoms with Crippen LogP contribution in [0, 0.1) is 5.92 Å². The Morgan fingerprint density at radius 3 is 2.84 bits per heavy atom. The molecule has 25 heavy (non-hydrogen) atoms. The molecular weight excluding hydrogens is 321 g/mol. The van der Waals surface area contributed by atoms with E-state index in [9.17, 15) is 9.18 Å². The number of hydrogen-bond donors (Lipinski definition) is 1. The van der Waals surface area contributed by atoms with Crippen LogP contribution in [0.5, 0.6) is 0 Å². The minimum atomic E-state index is -0.795. The van der Waals surface area contributed by atoms with Crippen molar-refractivity contribution in [2.75, 3.05) is 13.1 Å². The predicted octanol–water partition coefficient (Wildman–Crippen LogP) is 3.23. The Morgan fingerprint density at radius 2 is 2.08 bits per heavy atom. The van der Waals surface area contributed by atoms with Crippen LogP contribution in [0.2, 0.25) is 0 Å². The molecule has 0 saturated heterocycles. The molecule has 1 amide bonds. The average Bonchev–Trinajstić information content (AvgIpc) is 3.21. The molecule has 2 atom stereocenters. The fraction of sp³-hybridized carbons (Fsp3) is 0.789. The van der Waals surface area contributed by atoms with E-state index in [1.165, 1.54) is 32.1 Å². The number of amides is 1. The normalized spacial score (nSPS) is 28.0. The summed E-state index contributed by atoms with van der Waals surface area (Å²) < 4.78 is 19.0. The van der Waals surface area contributed by atoms with Gasteiger partial charge >= 0.3 is 5.91 Å². The van der Waals surface area contributed by atoms with E-state index in [2.05, 4.69) is 15.2 Å². The molecule has 138 valence electrons. The maximum absolute atomic E-state index is 13.3. The van der Waals surface area contributed by atoms with Gasteiger partial charge in [-0.2, -0.15) is 0 Å². The summed E-state index contributed by atoms with van der Waals surface area (Å²) in [5.74, 6) is 1.50. The Hall–Kier alpha value is -1.43. The predicted molar refractivity (Wildman–Crippen MR) is 92.1 cm³/mol. The van der Waals surface area contributed by atoms with Crippen molar-refractivity contribution >= 4 is 5.91 Å². The number of aromatic nitrogens is 1. The Kier molecular flexibility index (Phi) is 5.06. The largest absolute Gasteiger partial charge is 0.437 e. The molecular formula is C19H28FN3O2. The molecule has 2 aliphatic carbocycles. The zero-order valence-electron chi connectivity index (χ0n) is 14.8. The summed E-state index contributed by atoms with van der Waals surface area (Å²) in [6.45, 7) is 2.89. The van der Waals surface area contributed by atoms with E-state index in [-0.39, 0.29) is 17.8 Å². The van der Waals surface area contributed by atoms with Gasteiger partial charge in [0, 0.05) is 32.1 Å². The molecule has 1 aromatic rings. The molecule has 0 bridgehead atoms. The maximum atomic E-state index is 13.3. The molecule has 2 fully saturated rings. The maximum Gasteiger partial charge on any atom is 0.307 e. The fourth-order valence-corrected chi connectivity index (χ4v) is 4.55. The van der Waals surface area contributed by atoms with E-state index in [4.69, 9.17) is 4.42 Å². The van der Waals surface area contributed by atoms with Crippen LogP contribution in [0.1, 0.15) is 73.5 Å². The Morgan fingerprint density at radius 1 is 1.24 bits per heavy atom. The molecule has 1 aliphatic heterocycles. The van der Waals surface area contributed by atoms with Gasteiger partial charge in [0.1, 0.15) is 11.9 Å². The summed E-state index contributed by atoms with van der Waals surface area (Å²) in [7, 11) is 0. The van der Waals surface area contributed by atoms with Gasteiger partial charge < -0.3 is 9.73 Å². The van der Waals surface area contributed by atoms with Crippen LogP contribution >= 0.6 is 0 Å². The molecule has 0 radical (unpaired) electrons. The second kappa shape index (κ2) is 7.44. The molecule has 5 nitrogen and oxygen atoms in total. The van der Waals surface area contributed by atoms with Crippen LogP contribution in [0.25, 0.3) is 0 Å². The minimum absolute atomic E-state index is 0.0887. The first-order valence-corrected chi connectivity index (χ1v) is 9.83. The highest BCUT2D eigenvalue weighted by Gasteiger charge is 2.30. The van der Waals surface area contributed by atoms with E-state index < -0.39 is 6.17 Å². The van der Waals surface area contributed by atoms with Crippen molar-refractivity contribution < 1.29 is 13.6 Å². The zero-order chi connectivity index (χ0) is 17.2. The quantitative estimate of drug-likeness (QED) is 0.907. The van der Waals surface area contributed by atoms with Crippen molar-refractivity contribution in [3.63, 3.8) is 0 Å². The van der Waals surface area contributed by atoms with E-state index >= 15 is 0 Å². The number of nitrogens with zero attached hydrogens (tertiary/aromatic N) is 2. The second-order valence-corrected chi connectivity index (χ2v) is 7.96. The zero-order valence-corrected chi connectivity index (χ0v) is 14.8. The molecule has 1 aromatic heterocycles. The summed E-state index contributed by atoms with van der Waals surface area (Å²) in [6, 6.07) is -0.0887. The number of oxazole rings is 1. The highest BCUT2D eigenvalue weighted by Crippen LogP contribution is 2.27. The first kappa shape index (κ1) is 17.0. The first-order valence-electron chi connectivity index (χ1n) is 9.83. The van der Waals surface area contributed by atoms with Crippen molar-refractivity contribution in [2.45, 2.75) is 76.5 Å². The molecule has 0 unspecified atom stereocenters. The molecule has 1 N–H and O–H groups in total. The number of halogens is 1. The van der Waals surface area contributed by atoms with Crippen LogP contribution < -0.4 is 5.32 Å². The summed E-state index contributed by atoms with van der Waals surface area (Å²) in [4.78, 5) is 19.2. The summed E-state index contributed by atoms with van der Waals surface area (Å²) >= 11 is 0. The van der Waals surface area contributed by atoms with Crippen molar-refractivity contribution in [3.05, 3.63) is 17.3 Å². The fourth-order valence-electron chi connectivity index (χ4n) is 4.55. The van der Waals surface area contributed by atoms with E-state index in [1.54, 1.807) is 0 Å². The van der Waals surface area contributed by atoms with E-state index in [0.717, 1.165) is 43.4 Å². The third kappa shape index (κ3) is 4.05. The molecule has 6 heteroatoms. The number of hydrogen-bond acceptors (Lipinski definition) is 4. The molecule has 2 heterocycles. The monoisotopic (exact) mass is 349 g/mol. The van der Waals surface area contributed by atoms with Gasteiger partial charge in [0.2, 0.25) is 0 Å². The van der Waals surface area contributed by atoms with Gasteiger partial charge in [0.05, 0.1) is 5.69 Å². The van der Waals surface area contributed by atoms with Crippen LogP contribution in [0.3, 0.4) is 0 Å². The van der Waals surface area contributed by atoms with Crippen molar-refractivity contribution in [2.24, 2.45) is 5.92 Å². The number of carbonyl (C=O) groups is 1. The molecule has 0 aromatic carbocycles. The highest BCUT2D eigenvalue weighted by atomic mass is 19.1. The molecule has 4 rings (SSSR count). The van der Waals surface area contributed by atoms with Gasteiger partial charge in [-0.25, -0.2) is 9.37 Å². The summed E-state index contributed by atoms with van der Waals surface area (Å²) in [5, 5.41) is 2.86. The highest BCUT2D eigenvalue weighted by molar-refractivity contribution is 5.89. The van der Waals surface area contributed by atoms with E-state index in [1.807, 2.05) is 0 Å². The van der Waals surface area contributed by atoms with Crippen LogP contribution in [-0.2, 0) is 13.0 Å². The number of alkyl halides is 1. The van der Waals surface area contributed by atoms with Gasteiger partial charge in [-0.1, -0.05) is 19.3 Å². The van der Waals surface area contributed by atoms with Gasteiger partial charge in [-0.3, -0.25) is 9.69 Å². The lowest BCUT2D eigenvalue weighted by Crippen LogP contribution is -2.35. The average molecular weight is 349 g/mol. The van der Waals surface area contributed by atoms with Gasteiger partial charge in [-0.15, -0.1) is 0 Å².